The fraction of sp³-hybridized carbons (Fsp3) is 0.923. The molecule has 0 aromatic carbocycles. The maximum atomic E-state index is 12.2. The fourth-order valence-corrected chi connectivity index (χ4v) is 3.07. The van der Waals surface area contributed by atoms with E-state index < -0.39 is 5.41 Å². The van der Waals surface area contributed by atoms with Gasteiger partial charge in [-0.15, -0.1) is 0 Å². The highest BCUT2D eigenvalue weighted by molar-refractivity contribution is 7.99. The molecule has 1 fully saturated rings. The smallest absolute Gasteiger partial charge is 0.227 e. The molecule has 0 radical (unpaired) electrons. The van der Waals surface area contributed by atoms with Crippen molar-refractivity contribution >= 4 is 17.7 Å². The predicted molar refractivity (Wildman–Crippen MR) is 75.2 cm³/mol. The predicted octanol–water partition coefficient (Wildman–Crippen LogP) is 2.15. The monoisotopic (exact) mass is 258 g/mol. The van der Waals surface area contributed by atoms with Gasteiger partial charge >= 0.3 is 0 Å². The third-order valence-corrected chi connectivity index (χ3v) is 5.17. The molecular weight excluding hydrogens is 232 g/mol. The van der Waals surface area contributed by atoms with Crippen LogP contribution in [-0.2, 0) is 4.79 Å². The van der Waals surface area contributed by atoms with E-state index in [1.54, 1.807) is 0 Å². The topological polar surface area (TPSA) is 55.1 Å². The van der Waals surface area contributed by atoms with Gasteiger partial charge in [0.2, 0.25) is 5.91 Å². The number of rotatable bonds is 5. The van der Waals surface area contributed by atoms with E-state index in [9.17, 15) is 4.79 Å². The van der Waals surface area contributed by atoms with Crippen molar-refractivity contribution in [3.8, 4) is 0 Å². The SMILES string of the molecule is CCC(C)(CN)C(=O)NC1CCCC(SC)C1. The number of carbonyl (C=O) groups is 1. The third-order valence-electron chi connectivity index (χ3n) is 4.07. The van der Waals surface area contributed by atoms with Gasteiger partial charge in [0.15, 0.2) is 0 Å². The molecule has 0 bridgehead atoms. The standard InChI is InChI=1S/C13H26N2OS/c1-4-13(2,9-14)12(16)15-10-6-5-7-11(8-10)17-3/h10-11H,4-9,14H2,1-3H3,(H,15,16). The Hall–Kier alpha value is -0.220. The summed E-state index contributed by atoms with van der Waals surface area (Å²) in [6.45, 7) is 4.41. The second-order valence-corrected chi connectivity index (χ2v) is 6.45. The Bertz CT molecular complexity index is 254. The molecule has 0 aliphatic heterocycles. The van der Waals surface area contributed by atoms with Gasteiger partial charge in [-0.25, -0.2) is 0 Å². The summed E-state index contributed by atoms with van der Waals surface area (Å²) < 4.78 is 0. The van der Waals surface area contributed by atoms with Gasteiger partial charge in [0, 0.05) is 17.8 Å². The molecule has 17 heavy (non-hydrogen) atoms. The molecule has 1 rings (SSSR count). The second kappa shape index (κ2) is 6.64. The summed E-state index contributed by atoms with van der Waals surface area (Å²) in [5.41, 5.74) is 5.32. The van der Waals surface area contributed by atoms with Crippen molar-refractivity contribution in [1.82, 2.24) is 5.32 Å². The summed E-state index contributed by atoms with van der Waals surface area (Å²) in [5, 5.41) is 3.90. The zero-order valence-electron chi connectivity index (χ0n) is 11.3. The number of hydrogen-bond donors (Lipinski definition) is 2. The highest BCUT2D eigenvalue weighted by atomic mass is 32.2. The van der Waals surface area contributed by atoms with Crippen LogP contribution >= 0.6 is 11.8 Å². The maximum absolute atomic E-state index is 12.2. The van der Waals surface area contributed by atoms with Crippen molar-refractivity contribution < 1.29 is 4.79 Å². The molecular formula is C13H26N2OS. The summed E-state index contributed by atoms with van der Waals surface area (Å²) in [7, 11) is 0. The average molecular weight is 258 g/mol. The van der Waals surface area contributed by atoms with E-state index in [1.807, 2.05) is 25.6 Å². The first-order chi connectivity index (χ1) is 8.05. The highest BCUT2D eigenvalue weighted by Crippen LogP contribution is 2.28. The Labute approximate surface area is 109 Å². The average Bonchev–Trinajstić information content (AvgIpc) is 2.37. The summed E-state index contributed by atoms with van der Waals surface area (Å²) >= 11 is 1.92. The van der Waals surface area contributed by atoms with Crippen molar-refractivity contribution in [2.24, 2.45) is 11.1 Å². The number of nitrogens with one attached hydrogen (secondary N) is 1. The Balaban J connectivity index is 2.50. The quantitative estimate of drug-likeness (QED) is 0.794. The van der Waals surface area contributed by atoms with Crippen LogP contribution in [0, 0.1) is 5.41 Å². The molecule has 1 aliphatic rings. The Kier molecular flexibility index (Phi) is 5.80. The van der Waals surface area contributed by atoms with E-state index in [1.165, 1.54) is 12.8 Å². The molecule has 3 atom stereocenters. The Morgan fingerprint density at radius 1 is 1.53 bits per heavy atom. The van der Waals surface area contributed by atoms with Gasteiger partial charge in [0.05, 0.1) is 5.41 Å². The minimum absolute atomic E-state index is 0.134. The van der Waals surface area contributed by atoms with Crippen LogP contribution in [-0.4, -0.2) is 30.0 Å². The zero-order valence-corrected chi connectivity index (χ0v) is 12.1. The second-order valence-electron chi connectivity index (χ2n) is 5.31. The minimum atomic E-state index is -0.397. The van der Waals surface area contributed by atoms with E-state index in [0.717, 1.165) is 19.3 Å². The van der Waals surface area contributed by atoms with Crippen molar-refractivity contribution in [2.75, 3.05) is 12.8 Å². The van der Waals surface area contributed by atoms with Crippen molar-refractivity contribution in [2.45, 2.75) is 57.2 Å². The van der Waals surface area contributed by atoms with Gasteiger partial charge in [0.25, 0.3) is 0 Å². The largest absolute Gasteiger partial charge is 0.353 e. The molecule has 3 nitrogen and oxygen atoms in total. The molecule has 0 spiro atoms. The summed E-state index contributed by atoms with van der Waals surface area (Å²) in [6.07, 6.45) is 7.70. The van der Waals surface area contributed by atoms with Crippen LogP contribution in [0.2, 0.25) is 0 Å². The lowest BCUT2D eigenvalue weighted by Gasteiger charge is -2.32. The zero-order chi connectivity index (χ0) is 12.9. The Morgan fingerprint density at radius 3 is 2.76 bits per heavy atom. The van der Waals surface area contributed by atoms with Gasteiger partial charge < -0.3 is 11.1 Å². The minimum Gasteiger partial charge on any atom is -0.353 e. The lowest BCUT2D eigenvalue weighted by atomic mass is 9.85. The van der Waals surface area contributed by atoms with Crippen LogP contribution in [0.3, 0.4) is 0 Å². The lowest BCUT2D eigenvalue weighted by molar-refractivity contribution is -0.130. The third kappa shape index (κ3) is 3.88. The first-order valence-corrected chi connectivity index (χ1v) is 7.88. The van der Waals surface area contributed by atoms with Crippen molar-refractivity contribution in [3.63, 3.8) is 0 Å². The van der Waals surface area contributed by atoms with Gasteiger partial charge in [-0.1, -0.05) is 13.3 Å². The first kappa shape index (κ1) is 14.8. The molecule has 1 aliphatic carbocycles. The number of nitrogens with two attached hydrogens (primary N) is 1. The number of thioether (sulfide) groups is 1. The van der Waals surface area contributed by atoms with E-state index in [0.29, 0.717) is 17.8 Å². The molecule has 4 heteroatoms. The van der Waals surface area contributed by atoms with Crippen molar-refractivity contribution in [3.05, 3.63) is 0 Å². The first-order valence-electron chi connectivity index (χ1n) is 6.59. The summed E-state index contributed by atoms with van der Waals surface area (Å²) in [5.74, 6) is 0.134. The van der Waals surface area contributed by atoms with Crippen LogP contribution in [0.25, 0.3) is 0 Å². The molecule has 3 N–H and O–H groups in total. The molecule has 0 aromatic heterocycles. The van der Waals surface area contributed by atoms with Crippen LogP contribution in [0.5, 0.6) is 0 Å². The van der Waals surface area contributed by atoms with Gasteiger partial charge in [0.1, 0.15) is 0 Å². The normalized spacial score (nSPS) is 28.5. The molecule has 1 amide bonds. The van der Waals surface area contributed by atoms with Gasteiger partial charge in [-0.05, 0) is 38.9 Å². The number of amides is 1. The molecule has 1 saturated carbocycles. The molecule has 100 valence electrons. The van der Waals surface area contributed by atoms with Crippen LogP contribution in [0.1, 0.15) is 46.0 Å². The Morgan fingerprint density at radius 2 is 2.24 bits per heavy atom. The van der Waals surface area contributed by atoms with Crippen LogP contribution in [0.4, 0.5) is 0 Å². The molecule has 0 aromatic rings. The number of carbonyl (C=O) groups excluding carboxylic acids is 1. The van der Waals surface area contributed by atoms with Gasteiger partial charge in [-0.3, -0.25) is 4.79 Å². The van der Waals surface area contributed by atoms with E-state index in [-0.39, 0.29) is 5.91 Å². The molecule has 0 saturated heterocycles. The van der Waals surface area contributed by atoms with Crippen LogP contribution in [0.15, 0.2) is 0 Å². The maximum Gasteiger partial charge on any atom is 0.227 e. The van der Waals surface area contributed by atoms with Crippen LogP contribution < -0.4 is 11.1 Å². The molecule has 3 unspecified atom stereocenters. The summed E-state index contributed by atoms with van der Waals surface area (Å²) in [4.78, 5) is 12.2. The number of hydrogen-bond acceptors (Lipinski definition) is 3. The molecule has 0 heterocycles. The van der Waals surface area contributed by atoms with E-state index in [4.69, 9.17) is 5.73 Å². The summed E-state index contributed by atoms with van der Waals surface area (Å²) in [6, 6.07) is 0.353. The fourth-order valence-electron chi connectivity index (χ4n) is 2.25. The van der Waals surface area contributed by atoms with Gasteiger partial charge in [-0.2, -0.15) is 11.8 Å². The highest BCUT2D eigenvalue weighted by Gasteiger charge is 2.32. The van der Waals surface area contributed by atoms with E-state index >= 15 is 0 Å². The van der Waals surface area contributed by atoms with E-state index in [2.05, 4.69) is 11.6 Å². The van der Waals surface area contributed by atoms with Crippen molar-refractivity contribution in [1.29, 1.82) is 0 Å². The lowest BCUT2D eigenvalue weighted by Crippen LogP contribution is -2.48.